The fraction of sp³-hybridized carbons (Fsp3) is 0.500. The Morgan fingerprint density at radius 2 is 1.80 bits per heavy atom. The molecule has 0 aromatic heterocycles. The first kappa shape index (κ1) is 13.2. The molecule has 2 aliphatic carbocycles. The molecule has 0 bridgehead atoms. The van der Waals surface area contributed by atoms with E-state index in [0.29, 0.717) is 18.3 Å². The van der Waals surface area contributed by atoms with Crippen molar-refractivity contribution in [3.63, 3.8) is 0 Å². The second-order valence-electron chi connectivity index (χ2n) is 5.86. The fourth-order valence-electron chi connectivity index (χ4n) is 3.44. The van der Waals surface area contributed by atoms with Gasteiger partial charge >= 0.3 is 5.97 Å². The number of rotatable bonds is 5. The highest BCUT2D eigenvalue weighted by atomic mass is 16.4. The quantitative estimate of drug-likeness (QED) is 0.866. The first-order valence-electron chi connectivity index (χ1n) is 7.27. The van der Waals surface area contributed by atoms with Crippen LogP contribution in [0.2, 0.25) is 0 Å². The number of aliphatic carboxylic acids is 1. The van der Waals surface area contributed by atoms with E-state index in [1.165, 1.54) is 19.3 Å². The molecule has 0 heterocycles. The minimum Gasteiger partial charge on any atom is -0.481 e. The zero-order valence-electron chi connectivity index (χ0n) is 11.3. The molecule has 4 heteroatoms. The van der Waals surface area contributed by atoms with Crippen LogP contribution < -0.4 is 5.32 Å². The smallest absolute Gasteiger partial charge is 0.303 e. The standard InChI is InChI=1S/C16H19NO3/c18-14(19)9-6-10-4-7-11(8-5-10)17-16(20)15-12-2-1-3-13(12)15/h4-5,7-8,12-13,15H,1-3,6,9H2,(H,17,20)(H,18,19)/t12-,13-/m1/s1. The third kappa shape index (κ3) is 2.69. The maximum Gasteiger partial charge on any atom is 0.303 e. The lowest BCUT2D eigenvalue weighted by molar-refractivity contribution is -0.137. The Morgan fingerprint density at radius 3 is 2.40 bits per heavy atom. The van der Waals surface area contributed by atoms with Crippen LogP contribution in [0.25, 0.3) is 0 Å². The molecule has 106 valence electrons. The number of carboxylic acid groups (broad SMARTS) is 1. The van der Waals surface area contributed by atoms with Crippen molar-refractivity contribution < 1.29 is 14.7 Å². The zero-order valence-corrected chi connectivity index (χ0v) is 11.3. The molecule has 20 heavy (non-hydrogen) atoms. The number of aryl methyl sites for hydroxylation is 1. The van der Waals surface area contributed by atoms with Gasteiger partial charge in [0.05, 0.1) is 0 Å². The van der Waals surface area contributed by atoms with E-state index >= 15 is 0 Å². The van der Waals surface area contributed by atoms with Crippen LogP contribution in [-0.2, 0) is 16.0 Å². The fourth-order valence-corrected chi connectivity index (χ4v) is 3.44. The number of hydrogen-bond donors (Lipinski definition) is 2. The third-order valence-corrected chi connectivity index (χ3v) is 4.56. The number of carbonyl (C=O) groups excluding carboxylic acids is 1. The van der Waals surface area contributed by atoms with Crippen molar-refractivity contribution in [1.29, 1.82) is 0 Å². The third-order valence-electron chi connectivity index (χ3n) is 4.56. The zero-order chi connectivity index (χ0) is 14.1. The van der Waals surface area contributed by atoms with Crippen LogP contribution in [0.15, 0.2) is 24.3 Å². The number of anilines is 1. The van der Waals surface area contributed by atoms with Crippen molar-refractivity contribution in [1.82, 2.24) is 0 Å². The molecule has 3 rings (SSSR count). The van der Waals surface area contributed by atoms with E-state index in [1.807, 2.05) is 24.3 Å². The average molecular weight is 273 g/mol. The van der Waals surface area contributed by atoms with Crippen LogP contribution in [-0.4, -0.2) is 17.0 Å². The number of carbonyl (C=O) groups is 2. The van der Waals surface area contributed by atoms with E-state index in [-0.39, 0.29) is 18.2 Å². The van der Waals surface area contributed by atoms with Crippen molar-refractivity contribution >= 4 is 17.6 Å². The molecule has 2 aliphatic rings. The van der Waals surface area contributed by atoms with Gasteiger partial charge < -0.3 is 10.4 Å². The Kier molecular flexibility index (Phi) is 3.47. The van der Waals surface area contributed by atoms with Gasteiger partial charge in [-0.25, -0.2) is 0 Å². The summed E-state index contributed by atoms with van der Waals surface area (Å²) in [5.41, 5.74) is 1.78. The van der Waals surface area contributed by atoms with Gasteiger partial charge in [0.15, 0.2) is 0 Å². The second kappa shape index (κ2) is 5.27. The minimum absolute atomic E-state index is 0.136. The lowest BCUT2D eigenvalue weighted by Crippen LogP contribution is -2.16. The van der Waals surface area contributed by atoms with Gasteiger partial charge in [-0.3, -0.25) is 9.59 Å². The van der Waals surface area contributed by atoms with Crippen molar-refractivity contribution in [3.8, 4) is 0 Å². The van der Waals surface area contributed by atoms with Gasteiger partial charge in [-0.1, -0.05) is 18.6 Å². The van der Waals surface area contributed by atoms with Crippen LogP contribution in [0.3, 0.4) is 0 Å². The lowest BCUT2D eigenvalue weighted by atomic mass is 10.1. The van der Waals surface area contributed by atoms with Gasteiger partial charge in [0.25, 0.3) is 0 Å². The summed E-state index contributed by atoms with van der Waals surface area (Å²) in [6.45, 7) is 0. The maximum absolute atomic E-state index is 12.1. The van der Waals surface area contributed by atoms with Crippen LogP contribution in [0, 0.1) is 17.8 Å². The van der Waals surface area contributed by atoms with Crippen LogP contribution >= 0.6 is 0 Å². The summed E-state index contributed by atoms with van der Waals surface area (Å²) in [6, 6.07) is 7.47. The molecule has 1 aromatic carbocycles. The SMILES string of the molecule is O=C(O)CCc1ccc(NC(=O)C2[C@@H]3CCC[C@@H]23)cc1. The summed E-state index contributed by atoms with van der Waals surface area (Å²) in [4.78, 5) is 22.6. The normalized spacial score (nSPS) is 26.9. The first-order valence-corrected chi connectivity index (χ1v) is 7.27. The van der Waals surface area contributed by atoms with Crippen molar-refractivity contribution in [2.45, 2.75) is 32.1 Å². The molecule has 2 saturated carbocycles. The molecule has 2 atom stereocenters. The topological polar surface area (TPSA) is 66.4 Å². The number of benzene rings is 1. The molecule has 4 nitrogen and oxygen atoms in total. The Balaban J connectivity index is 1.53. The Labute approximate surface area is 118 Å². The van der Waals surface area contributed by atoms with Crippen LogP contribution in [0.1, 0.15) is 31.2 Å². The van der Waals surface area contributed by atoms with Crippen molar-refractivity contribution in [3.05, 3.63) is 29.8 Å². The molecule has 0 radical (unpaired) electrons. The molecule has 0 saturated heterocycles. The Bertz CT molecular complexity index is 513. The van der Waals surface area contributed by atoms with E-state index in [1.54, 1.807) is 0 Å². The highest BCUT2D eigenvalue weighted by Crippen LogP contribution is 2.57. The number of carboxylic acids is 1. The van der Waals surface area contributed by atoms with Crippen LogP contribution in [0.5, 0.6) is 0 Å². The minimum atomic E-state index is -0.789. The summed E-state index contributed by atoms with van der Waals surface area (Å²) < 4.78 is 0. The second-order valence-corrected chi connectivity index (χ2v) is 5.86. The van der Waals surface area contributed by atoms with Gasteiger partial charge in [0.2, 0.25) is 5.91 Å². The van der Waals surface area contributed by atoms with E-state index < -0.39 is 5.97 Å². The Hall–Kier alpha value is -1.84. The van der Waals surface area contributed by atoms with Gasteiger partial charge in [0.1, 0.15) is 0 Å². The summed E-state index contributed by atoms with van der Waals surface area (Å²) in [5.74, 6) is 0.853. The van der Waals surface area contributed by atoms with Crippen LogP contribution in [0.4, 0.5) is 5.69 Å². The molecular formula is C16H19NO3. The maximum atomic E-state index is 12.1. The number of nitrogens with one attached hydrogen (secondary N) is 1. The lowest BCUT2D eigenvalue weighted by Gasteiger charge is -2.07. The first-order chi connectivity index (χ1) is 9.65. The molecule has 0 aliphatic heterocycles. The molecule has 2 fully saturated rings. The molecule has 2 N–H and O–H groups in total. The predicted octanol–water partition coefficient (Wildman–Crippen LogP) is 2.69. The number of amides is 1. The summed E-state index contributed by atoms with van der Waals surface area (Å²) in [5, 5.41) is 11.6. The van der Waals surface area contributed by atoms with Gasteiger partial charge in [-0.05, 0) is 48.8 Å². The van der Waals surface area contributed by atoms with E-state index in [2.05, 4.69) is 5.32 Å². The largest absolute Gasteiger partial charge is 0.481 e. The molecule has 1 aromatic rings. The van der Waals surface area contributed by atoms with Crippen molar-refractivity contribution in [2.24, 2.45) is 17.8 Å². The van der Waals surface area contributed by atoms with E-state index in [0.717, 1.165) is 11.3 Å². The number of fused-ring (bicyclic) bond motifs is 1. The summed E-state index contributed by atoms with van der Waals surface area (Å²) in [6.07, 6.45) is 4.35. The molecular weight excluding hydrogens is 254 g/mol. The Morgan fingerprint density at radius 1 is 1.15 bits per heavy atom. The van der Waals surface area contributed by atoms with E-state index in [9.17, 15) is 9.59 Å². The summed E-state index contributed by atoms with van der Waals surface area (Å²) >= 11 is 0. The molecule has 0 unspecified atom stereocenters. The molecule has 1 amide bonds. The monoisotopic (exact) mass is 273 g/mol. The van der Waals surface area contributed by atoms with E-state index in [4.69, 9.17) is 5.11 Å². The predicted molar refractivity (Wildman–Crippen MR) is 75.3 cm³/mol. The average Bonchev–Trinajstić information content (AvgIpc) is 2.92. The highest BCUT2D eigenvalue weighted by Gasteiger charge is 2.56. The molecule has 0 spiro atoms. The van der Waals surface area contributed by atoms with Crippen molar-refractivity contribution in [2.75, 3.05) is 5.32 Å². The summed E-state index contributed by atoms with van der Waals surface area (Å²) in [7, 11) is 0. The number of hydrogen-bond acceptors (Lipinski definition) is 2. The van der Waals surface area contributed by atoms with Gasteiger partial charge in [-0.2, -0.15) is 0 Å². The van der Waals surface area contributed by atoms with Gasteiger partial charge in [0, 0.05) is 18.0 Å². The van der Waals surface area contributed by atoms with Gasteiger partial charge in [-0.15, -0.1) is 0 Å². The highest BCUT2D eigenvalue weighted by molar-refractivity contribution is 5.95.